The summed E-state index contributed by atoms with van der Waals surface area (Å²) in [5.74, 6) is 0. The molecule has 0 aromatic rings. The molecule has 3 atom stereocenters. The fraction of sp³-hybridized carbons (Fsp3) is 1.00. The SMILES string of the molecule is CCCOC1CCC(N)C(C)O1. The molecule has 72 valence electrons. The van der Waals surface area contributed by atoms with Crippen LogP contribution in [0.2, 0.25) is 0 Å². The summed E-state index contributed by atoms with van der Waals surface area (Å²) in [6.07, 6.45) is 3.11. The lowest BCUT2D eigenvalue weighted by atomic mass is 10.0. The van der Waals surface area contributed by atoms with Gasteiger partial charge in [-0.25, -0.2) is 0 Å². The van der Waals surface area contributed by atoms with Gasteiger partial charge in [-0.05, 0) is 26.2 Å². The zero-order valence-electron chi connectivity index (χ0n) is 7.95. The molecule has 0 amide bonds. The maximum Gasteiger partial charge on any atom is 0.158 e. The molecule has 3 nitrogen and oxygen atoms in total. The Kier molecular flexibility index (Phi) is 3.98. The lowest BCUT2D eigenvalue weighted by Gasteiger charge is -2.32. The van der Waals surface area contributed by atoms with Crippen molar-refractivity contribution in [2.45, 2.75) is 51.5 Å². The summed E-state index contributed by atoms with van der Waals surface area (Å²) in [5, 5.41) is 0. The maximum absolute atomic E-state index is 5.79. The van der Waals surface area contributed by atoms with Gasteiger partial charge in [0.05, 0.1) is 6.10 Å². The highest BCUT2D eigenvalue weighted by Gasteiger charge is 2.25. The summed E-state index contributed by atoms with van der Waals surface area (Å²) in [6.45, 7) is 4.89. The number of rotatable bonds is 3. The molecule has 0 spiro atoms. The van der Waals surface area contributed by atoms with Crippen LogP contribution in [-0.2, 0) is 9.47 Å². The zero-order chi connectivity index (χ0) is 8.97. The van der Waals surface area contributed by atoms with Gasteiger partial charge in [-0.2, -0.15) is 0 Å². The largest absolute Gasteiger partial charge is 0.353 e. The topological polar surface area (TPSA) is 44.5 Å². The number of ether oxygens (including phenoxy) is 2. The number of hydrogen-bond acceptors (Lipinski definition) is 3. The van der Waals surface area contributed by atoms with Crippen LogP contribution in [0.3, 0.4) is 0 Å². The quantitative estimate of drug-likeness (QED) is 0.699. The standard InChI is InChI=1S/C9H19NO2/c1-3-6-11-9-5-4-8(10)7(2)12-9/h7-9H,3-6,10H2,1-2H3. The molecule has 1 rings (SSSR count). The average molecular weight is 173 g/mol. The van der Waals surface area contributed by atoms with Gasteiger partial charge in [0.25, 0.3) is 0 Å². The molecule has 1 aliphatic rings. The van der Waals surface area contributed by atoms with Crippen LogP contribution >= 0.6 is 0 Å². The van der Waals surface area contributed by atoms with Gasteiger partial charge in [0.1, 0.15) is 0 Å². The first-order chi connectivity index (χ1) is 5.74. The molecule has 1 saturated heterocycles. The summed E-state index contributed by atoms with van der Waals surface area (Å²) >= 11 is 0. The van der Waals surface area contributed by atoms with Gasteiger partial charge in [-0.3, -0.25) is 0 Å². The van der Waals surface area contributed by atoms with E-state index in [2.05, 4.69) is 6.92 Å². The first kappa shape index (κ1) is 9.96. The maximum atomic E-state index is 5.79. The van der Waals surface area contributed by atoms with Crippen molar-refractivity contribution < 1.29 is 9.47 Å². The van der Waals surface area contributed by atoms with Crippen molar-refractivity contribution in [3.8, 4) is 0 Å². The third-order valence-electron chi connectivity index (χ3n) is 2.21. The van der Waals surface area contributed by atoms with Gasteiger partial charge < -0.3 is 15.2 Å². The minimum atomic E-state index is -0.0141. The first-order valence-corrected chi connectivity index (χ1v) is 4.76. The molecule has 0 saturated carbocycles. The molecule has 3 heteroatoms. The monoisotopic (exact) mass is 173 g/mol. The van der Waals surface area contributed by atoms with E-state index in [9.17, 15) is 0 Å². The molecule has 1 fully saturated rings. The smallest absolute Gasteiger partial charge is 0.158 e. The van der Waals surface area contributed by atoms with E-state index in [1.54, 1.807) is 0 Å². The van der Waals surface area contributed by atoms with E-state index >= 15 is 0 Å². The lowest BCUT2D eigenvalue weighted by molar-refractivity contribution is -0.193. The molecule has 0 bridgehead atoms. The van der Waals surface area contributed by atoms with Crippen LogP contribution in [-0.4, -0.2) is 25.0 Å². The lowest BCUT2D eigenvalue weighted by Crippen LogP contribution is -2.43. The predicted octanol–water partition coefficient (Wildman–Crippen LogP) is 1.27. The Balaban J connectivity index is 2.21. The Morgan fingerprint density at radius 2 is 2.25 bits per heavy atom. The molecule has 2 N–H and O–H groups in total. The molecule has 1 heterocycles. The summed E-state index contributed by atoms with van der Waals surface area (Å²) in [5.41, 5.74) is 5.79. The number of nitrogens with two attached hydrogens (primary N) is 1. The Morgan fingerprint density at radius 3 is 2.83 bits per heavy atom. The Morgan fingerprint density at radius 1 is 1.50 bits per heavy atom. The van der Waals surface area contributed by atoms with Crippen molar-refractivity contribution >= 4 is 0 Å². The van der Waals surface area contributed by atoms with Crippen molar-refractivity contribution in [3.05, 3.63) is 0 Å². The highest BCUT2D eigenvalue weighted by atomic mass is 16.7. The molecule has 1 aliphatic heterocycles. The van der Waals surface area contributed by atoms with Crippen LogP contribution in [0.1, 0.15) is 33.1 Å². The van der Waals surface area contributed by atoms with Crippen LogP contribution < -0.4 is 5.73 Å². The Hall–Kier alpha value is -0.120. The van der Waals surface area contributed by atoms with Crippen LogP contribution in [0.25, 0.3) is 0 Å². The van der Waals surface area contributed by atoms with Gasteiger partial charge in [-0.15, -0.1) is 0 Å². The van der Waals surface area contributed by atoms with Crippen molar-refractivity contribution in [1.82, 2.24) is 0 Å². The summed E-state index contributed by atoms with van der Waals surface area (Å²) in [7, 11) is 0. The molecule has 0 radical (unpaired) electrons. The van der Waals surface area contributed by atoms with Gasteiger partial charge >= 0.3 is 0 Å². The van der Waals surface area contributed by atoms with Gasteiger partial charge in [0, 0.05) is 12.6 Å². The van der Waals surface area contributed by atoms with E-state index < -0.39 is 0 Å². The van der Waals surface area contributed by atoms with E-state index in [1.807, 2.05) is 6.92 Å². The van der Waals surface area contributed by atoms with E-state index in [4.69, 9.17) is 15.2 Å². The summed E-state index contributed by atoms with van der Waals surface area (Å²) in [4.78, 5) is 0. The molecule has 3 unspecified atom stereocenters. The molecule has 0 aromatic heterocycles. The van der Waals surface area contributed by atoms with E-state index in [-0.39, 0.29) is 18.4 Å². The first-order valence-electron chi connectivity index (χ1n) is 4.76. The minimum absolute atomic E-state index is 0.0141. The highest BCUT2D eigenvalue weighted by Crippen LogP contribution is 2.18. The van der Waals surface area contributed by atoms with Crippen LogP contribution in [0.15, 0.2) is 0 Å². The van der Waals surface area contributed by atoms with Crippen molar-refractivity contribution in [1.29, 1.82) is 0 Å². The predicted molar refractivity (Wildman–Crippen MR) is 47.8 cm³/mol. The molecule has 0 aliphatic carbocycles. The summed E-state index contributed by atoms with van der Waals surface area (Å²) < 4.78 is 11.0. The molecule has 12 heavy (non-hydrogen) atoms. The van der Waals surface area contributed by atoms with Crippen molar-refractivity contribution in [3.63, 3.8) is 0 Å². The second-order valence-electron chi connectivity index (χ2n) is 3.38. The highest BCUT2D eigenvalue weighted by molar-refractivity contribution is 4.75. The van der Waals surface area contributed by atoms with Crippen LogP contribution in [0, 0.1) is 0 Å². The fourth-order valence-corrected chi connectivity index (χ4v) is 1.34. The van der Waals surface area contributed by atoms with E-state index in [1.165, 1.54) is 0 Å². The van der Waals surface area contributed by atoms with E-state index in [0.717, 1.165) is 25.9 Å². The van der Waals surface area contributed by atoms with Crippen molar-refractivity contribution in [2.75, 3.05) is 6.61 Å². The van der Waals surface area contributed by atoms with E-state index in [0.29, 0.717) is 0 Å². The second kappa shape index (κ2) is 4.80. The minimum Gasteiger partial charge on any atom is -0.353 e. The summed E-state index contributed by atoms with van der Waals surface area (Å²) in [6, 6.07) is 0.187. The molecular formula is C9H19NO2. The Labute approximate surface area is 74.2 Å². The van der Waals surface area contributed by atoms with Crippen LogP contribution in [0.5, 0.6) is 0 Å². The molecular weight excluding hydrogens is 154 g/mol. The Bertz CT molecular complexity index is 128. The third-order valence-corrected chi connectivity index (χ3v) is 2.21. The zero-order valence-corrected chi connectivity index (χ0v) is 7.95. The van der Waals surface area contributed by atoms with Crippen molar-refractivity contribution in [2.24, 2.45) is 5.73 Å². The fourth-order valence-electron chi connectivity index (χ4n) is 1.34. The second-order valence-corrected chi connectivity index (χ2v) is 3.38. The normalized spacial score (nSPS) is 36.8. The van der Waals surface area contributed by atoms with Crippen LogP contribution in [0.4, 0.5) is 0 Å². The average Bonchev–Trinajstić information content (AvgIpc) is 2.07. The number of hydrogen-bond donors (Lipinski definition) is 1. The third kappa shape index (κ3) is 2.73. The van der Waals surface area contributed by atoms with Gasteiger partial charge in [0.15, 0.2) is 6.29 Å². The molecule has 0 aromatic carbocycles. The van der Waals surface area contributed by atoms with Gasteiger partial charge in [-0.1, -0.05) is 6.92 Å². The van der Waals surface area contributed by atoms with Gasteiger partial charge in [0.2, 0.25) is 0 Å².